The second-order valence-corrected chi connectivity index (χ2v) is 5.34. The number of benzene rings is 2. The maximum Gasteiger partial charge on any atom is 0.255 e. The number of carbonyl (C=O) groups excluding carboxylic acids is 1. The van der Waals surface area contributed by atoms with Crippen LogP contribution in [0.25, 0.3) is 0 Å². The Bertz CT molecular complexity index is 849. The van der Waals surface area contributed by atoms with Crippen molar-refractivity contribution in [2.75, 3.05) is 10.6 Å². The van der Waals surface area contributed by atoms with E-state index in [0.29, 0.717) is 11.3 Å². The van der Waals surface area contributed by atoms with Crippen LogP contribution in [-0.2, 0) is 0 Å². The molecule has 118 valence electrons. The van der Waals surface area contributed by atoms with Crippen molar-refractivity contribution in [1.82, 2.24) is 0 Å². The van der Waals surface area contributed by atoms with Crippen molar-refractivity contribution in [3.05, 3.63) is 70.9 Å². The molecule has 24 heavy (non-hydrogen) atoms. The molecular formula is C19H16N4O. The molecule has 0 spiro atoms. The van der Waals surface area contributed by atoms with Crippen LogP contribution >= 0.6 is 0 Å². The van der Waals surface area contributed by atoms with E-state index < -0.39 is 0 Å². The van der Waals surface area contributed by atoms with Gasteiger partial charge in [0, 0.05) is 23.1 Å². The first-order valence-corrected chi connectivity index (χ1v) is 7.28. The Kier molecular flexibility index (Phi) is 5.33. The van der Waals surface area contributed by atoms with Crippen LogP contribution in [-0.4, -0.2) is 5.91 Å². The van der Waals surface area contributed by atoms with Gasteiger partial charge in [0.05, 0.1) is 0 Å². The van der Waals surface area contributed by atoms with Crippen LogP contribution < -0.4 is 10.6 Å². The minimum atomic E-state index is -0.228. The molecule has 2 aromatic rings. The second kappa shape index (κ2) is 7.62. The molecule has 5 heteroatoms. The number of nitrogens with zero attached hydrogens (tertiary/aromatic N) is 2. The molecule has 0 saturated heterocycles. The lowest BCUT2D eigenvalue weighted by atomic mass is 10.1. The van der Waals surface area contributed by atoms with E-state index in [2.05, 4.69) is 10.6 Å². The molecular weight excluding hydrogens is 300 g/mol. The van der Waals surface area contributed by atoms with Crippen LogP contribution in [0.2, 0.25) is 0 Å². The fourth-order valence-electron chi connectivity index (χ4n) is 2.25. The van der Waals surface area contributed by atoms with Crippen molar-refractivity contribution in [3.8, 4) is 12.1 Å². The predicted molar refractivity (Wildman–Crippen MR) is 93.2 cm³/mol. The molecule has 0 aliphatic carbocycles. The van der Waals surface area contributed by atoms with Crippen molar-refractivity contribution < 1.29 is 4.79 Å². The van der Waals surface area contributed by atoms with Gasteiger partial charge < -0.3 is 10.6 Å². The molecule has 0 heterocycles. The van der Waals surface area contributed by atoms with Crippen molar-refractivity contribution in [2.45, 2.75) is 13.8 Å². The van der Waals surface area contributed by atoms with Gasteiger partial charge in [0.1, 0.15) is 17.7 Å². The van der Waals surface area contributed by atoms with Crippen molar-refractivity contribution >= 4 is 17.3 Å². The summed E-state index contributed by atoms with van der Waals surface area (Å²) in [6.07, 6.45) is 1.31. The molecule has 1 amide bonds. The third kappa shape index (κ3) is 4.46. The zero-order chi connectivity index (χ0) is 17.5. The molecule has 0 radical (unpaired) electrons. The summed E-state index contributed by atoms with van der Waals surface area (Å²) < 4.78 is 0. The normalized spacial score (nSPS) is 9.33. The number of rotatable bonds is 4. The van der Waals surface area contributed by atoms with Gasteiger partial charge >= 0.3 is 0 Å². The summed E-state index contributed by atoms with van der Waals surface area (Å²) in [5, 5.41) is 23.1. The van der Waals surface area contributed by atoms with Crippen molar-refractivity contribution in [2.24, 2.45) is 0 Å². The minimum Gasteiger partial charge on any atom is -0.360 e. The smallest absolute Gasteiger partial charge is 0.255 e. The first-order chi connectivity index (χ1) is 11.5. The van der Waals surface area contributed by atoms with Crippen LogP contribution in [0, 0.1) is 36.5 Å². The molecule has 0 saturated carbocycles. The first-order valence-electron chi connectivity index (χ1n) is 7.28. The van der Waals surface area contributed by atoms with Gasteiger partial charge in [-0.1, -0.05) is 12.1 Å². The summed E-state index contributed by atoms with van der Waals surface area (Å²) in [7, 11) is 0. The average molecular weight is 316 g/mol. The summed E-state index contributed by atoms with van der Waals surface area (Å²) in [6, 6.07) is 16.2. The van der Waals surface area contributed by atoms with Gasteiger partial charge in [-0.2, -0.15) is 10.5 Å². The van der Waals surface area contributed by atoms with E-state index in [1.165, 1.54) is 6.20 Å². The summed E-state index contributed by atoms with van der Waals surface area (Å²) in [4.78, 5) is 12.4. The van der Waals surface area contributed by atoms with E-state index in [-0.39, 0.29) is 11.5 Å². The Morgan fingerprint density at radius 1 is 1.00 bits per heavy atom. The number of allylic oxidation sites excluding steroid dienone is 1. The van der Waals surface area contributed by atoms with Gasteiger partial charge in [-0.3, -0.25) is 4.79 Å². The highest BCUT2D eigenvalue weighted by atomic mass is 16.1. The predicted octanol–water partition coefficient (Wildman–Crippen LogP) is 3.90. The van der Waals surface area contributed by atoms with Gasteiger partial charge in [0.2, 0.25) is 0 Å². The molecule has 0 bridgehead atoms. The van der Waals surface area contributed by atoms with Gasteiger partial charge in [-0.25, -0.2) is 0 Å². The van der Waals surface area contributed by atoms with E-state index in [1.807, 2.05) is 32.0 Å². The molecule has 2 rings (SSSR count). The maximum absolute atomic E-state index is 12.4. The number of amides is 1. The van der Waals surface area contributed by atoms with Gasteiger partial charge in [-0.15, -0.1) is 0 Å². The van der Waals surface area contributed by atoms with E-state index in [4.69, 9.17) is 10.5 Å². The third-order valence-electron chi connectivity index (χ3n) is 3.23. The molecule has 0 unspecified atom stereocenters. The van der Waals surface area contributed by atoms with Crippen LogP contribution in [0.15, 0.2) is 54.2 Å². The summed E-state index contributed by atoms with van der Waals surface area (Å²) in [5.41, 5.74) is 3.94. The largest absolute Gasteiger partial charge is 0.360 e. The molecule has 5 nitrogen and oxygen atoms in total. The van der Waals surface area contributed by atoms with Crippen LogP contribution in [0.4, 0.5) is 11.4 Å². The van der Waals surface area contributed by atoms with Gasteiger partial charge in [-0.05, 0) is 55.3 Å². The highest BCUT2D eigenvalue weighted by Crippen LogP contribution is 2.17. The number of hydrogen-bond acceptors (Lipinski definition) is 4. The van der Waals surface area contributed by atoms with Gasteiger partial charge in [0.15, 0.2) is 0 Å². The molecule has 0 atom stereocenters. The Morgan fingerprint density at radius 3 is 2.29 bits per heavy atom. The number of anilines is 2. The Labute approximate surface area is 140 Å². The topological polar surface area (TPSA) is 88.7 Å². The Morgan fingerprint density at radius 2 is 1.67 bits per heavy atom. The van der Waals surface area contributed by atoms with Crippen LogP contribution in [0.3, 0.4) is 0 Å². The van der Waals surface area contributed by atoms with E-state index in [9.17, 15) is 4.79 Å². The molecule has 0 aliphatic heterocycles. The number of carbonyl (C=O) groups is 1. The van der Waals surface area contributed by atoms with Crippen LogP contribution in [0.5, 0.6) is 0 Å². The Balaban J connectivity index is 2.16. The Hall–Kier alpha value is -3.57. The van der Waals surface area contributed by atoms with E-state index in [1.54, 1.807) is 36.4 Å². The lowest BCUT2D eigenvalue weighted by Gasteiger charge is -2.09. The number of nitriles is 2. The van der Waals surface area contributed by atoms with Gasteiger partial charge in [0.25, 0.3) is 5.91 Å². The number of hydrogen-bond donors (Lipinski definition) is 2. The fourth-order valence-corrected chi connectivity index (χ4v) is 2.25. The second-order valence-electron chi connectivity index (χ2n) is 5.34. The standard InChI is InChI=1S/C19H16N4O/c1-13-6-14(2)8-18(7-13)23-19(24)16-4-3-5-17(9-16)22-12-15(10-20)11-21/h3-9,12,22H,1-2H3,(H,23,24). The zero-order valence-corrected chi connectivity index (χ0v) is 13.4. The van der Waals surface area contributed by atoms with E-state index >= 15 is 0 Å². The average Bonchev–Trinajstić information content (AvgIpc) is 2.55. The summed E-state index contributed by atoms with van der Waals surface area (Å²) >= 11 is 0. The summed E-state index contributed by atoms with van der Waals surface area (Å²) in [5.74, 6) is -0.228. The van der Waals surface area contributed by atoms with Crippen molar-refractivity contribution in [1.29, 1.82) is 10.5 Å². The highest BCUT2D eigenvalue weighted by molar-refractivity contribution is 6.04. The minimum absolute atomic E-state index is 0.0416. The lowest BCUT2D eigenvalue weighted by molar-refractivity contribution is 0.102. The zero-order valence-electron chi connectivity index (χ0n) is 13.4. The molecule has 0 aromatic heterocycles. The maximum atomic E-state index is 12.4. The lowest BCUT2D eigenvalue weighted by Crippen LogP contribution is -2.12. The van der Waals surface area contributed by atoms with Crippen LogP contribution in [0.1, 0.15) is 21.5 Å². The molecule has 2 N–H and O–H groups in total. The third-order valence-corrected chi connectivity index (χ3v) is 3.23. The quantitative estimate of drug-likeness (QED) is 0.837. The monoisotopic (exact) mass is 316 g/mol. The molecule has 2 aromatic carbocycles. The first kappa shape index (κ1) is 16.8. The van der Waals surface area contributed by atoms with Crippen molar-refractivity contribution in [3.63, 3.8) is 0 Å². The highest BCUT2D eigenvalue weighted by Gasteiger charge is 2.07. The molecule has 0 aliphatic rings. The SMILES string of the molecule is Cc1cc(C)cc(NC(=O)c2cccc(NC=C(C#N)C#N)c2)c1. The number of aryl methyl sites for hydroxylation is 2. The van der Waals surface area contributed by atoms with E-state index in [0.717, 1.165) is 16.8 Å². The summed E-state index contributed by atoms with van der Waals surface area (Å²) in [6.45, 7) is 3.95. The fraction of sp³-hybridized carbons (Fsp3) is 0.105. The number of nitrogens with one attached hydrogen (secondary N) is 2. The molecule has 0 fully saturated rings.